The van der Waals surface area contributed by atoms with Crippen molar-refractivity contribution in [2.75, 3.05) is 19.0 Å². The lowest BCUT2D eigenvalue weighted by molar-refractivity contribution is -0.384. The molecule has 1 heterocycles. The molecule has 0 amide bonds. The third kappa shape index (κ3) is 3.91. The van der Waals surface area contributed by atoms with Crippen molar-refractivity contribution < 1.29 is 9.66 Å². The molecule has 0 bridgehead atoms. The summed E-state index contributed by atoms with van der Waals surface area (Å²) in [6, 6.07) is 7.72. The number of ether oxygens (including phenoxy) is 1. The van der Waals surface area contributed by atoms with Gasteiger partial charge in [-0.05, 0) is 40.0 Å². The highest BCUT2D eigenvalue weighted by atomic mass is 79.9. The van der Waals surface area contributed by atoms with Gasteiger partial charge in [-0.3, -0.25) is 15.1 Å². The van der Waals surface area contributed by atoms with Crippen LogP contribution in [0.2, 0.25) is 0 Å². The van der Waals surface area contributed by atoms with Gasteiger partial charge in [0, 0.05) is 12.7 Å². The van der Waals surface area contributed by atoms with Crippen molar-refractivity contribution in [3.63, 3.8) is 0 Å². The fourth-order valence-electron chi connectivity index (χ4n) is 1.90. The number of halogens is 1. The van der Waals surface area contributed by atoms with E-state index in [-0.39, 0.29) is 5.69 Å². The quantitative estimate of drug-likeness (QED) is 0.637. The fourth-order valence-corrected chi connectivity index (χ4v) is 2.36. The van der Waals surface area contributed by atoms with E-state index in [9.17, 15) is 10.1 Å². The number of aromatic nitrogens is 1. The van der Waals surface area contributed by atoms with Gasteiger partial charge in [-0.15, -0.1) is 0 Å². The molecule has 2 aromatic rings. The van der Waals surface area contributed by atoms with Crippen LogP contribution >= 0.6 is 15.9 Å². The monoisotopic (exact) mass is 351 g/mol. The molecule has 1 aromatic carbocycles. The van der Waals surface area contributed by atoms with Gasteiger partial charge in [0.15, 0.2) is 0 Å². The van der Waals surface area contributed by atoms with Gasteiger partial charge in [-0.1, -0.05) is 12.1 Å². The minimum atomic E-state index is -0.453. The lowest BCUT2D eigenvalue weighted by Gasteiger charge is -2.09. The first-order valence-corrected chi connectivity index (χ1v) is 7.06. The molecule has 0 unspecified atom stereocenters. The van der Waals surface area contributed by atoms with E-state index in [0.717, 1.165) is 17.7 Å². The molecular weight excluding hydrogens is 338 g/mol. The minimum absolute atomic E-state index is 0.0463. The van der Waals surface area contributed by atoms with Crippen LogP contribution in [-0.4, -0.2) is 23.6 Å². The molecule has 0 fully saturated rings. The van der Waals surface area contributed by atoms with Gasteiger partial charge < -0.3 is 10.1 Å². The number of hydrogen-bond acceptors (Lipinski definition) is 5. The van der Waals surface area contributed by atoms with E-state index in [2.05, 4.69) is 26.2 Å². The number of nitrogens with one attached hydrogen (secondary N) is 1. The lowest BCUT2D eigenvalue weighted by atomic mass is 10.1. The average Bonchev–Trinajstić information content (AvgIpc) is 2.49. The number of pyridine rings is 1. The van der Waals surface area contributed by atoms with E-state index in [0.29, 0.717) is 16.7 Å². The SMILES string of the molecule is COc1cccc(CCNc2c(Br)cncc2[N+](=O)[O-])c1. The molecule has 110 valence electrons. The fraction of sp³-hybridized carbons (Fsp3) is 0.214. The summed E-state index contributed by atoms with van der Waals surface area (Å²) in [5.74, 6) is 0.795. The highest BCUT2D eigenvalue weighted by Crippen LogP contribution is 2.30. The Morgan fingerprint density at radius 3 is 2.95 bits per heavy atom. The van der Waals surface area contributed by atoms with Gasteiger partial charge in [0.05, 0.1) is 16.5 Å². The maximum atomic E-state index is 11.0. The summed E-state index contributed by atoms with van der Waals surface area (Å²) < 4.78 is 5.74. The number of hydrogen-bond donors (Lipinski definition) is 1. The van der Waals surface area contributed by atoms with Crippen molar-refractivity contribution in [2.45, 2.75) is 6.42 Å². The van der Waals surface area contributed by atoms with Crippen LogP contribution in [0.1, 0.15) is 5.56 Å². The Balaban J connectivity index is 2.05. The third-order valence-corrected chi connectivity index (χ3v) is 3.53. The predicted molar refractivity (Wildman–Crippen MR) is 83.8 cm³/mol. The second-order valence-corrected chi connectivity index (χ2v) is 5.16. The van der Waals surface area contributed by atoms with Crippen molar-refractivity contribution in [2.24, 2.45) is 0 Å². The average molecular weight is 352 g/mol. The maximum Gasteiger partial charge on any atom is 0.311 e. The number of benzene rings is 1. The Morgan fingerprint density at radius 2 is 2.24 bits per heavy atom. The van der Waals surface area contributed by atoms with E-state index in [4.69, 9.17) is 4.74 Å². The summed E-state index contributed by atoms with van der Waals surface area (Å²) in [6.07, 6.45) is 3.49. The zero-order valence-electron chi connectivity index (χ0n) is 11.4. The molecular formula is C14H14BrN3O3. The van der Waals surface area contributed by atoms with Gasteiger partial charge in [0.2, 0.25) is 0 Å². The van der Waals surface area contributed by atoms with Gasteiger partial charge >= 0.3 is 5.69 Å². The summed E-state index contributed by atoms with van der Waals surface area (Å²) in [4.78, 5) is 14.3. The van der Waals surface area contributed by atoms with Crippen molar-refractivity contribution in [1.82, 2.24) is 4.98 Å². The molecule has 0 aliphatic rings. The van der Waals surface area contributed by atoms with Gasteiger partial charge in [-0.2, -0.15) is 0 Å². The van der Waals surface area contributed by atoms with E-state index in [1.807, 2.05) is 24.3 Å². The van der Waals surface area contributed by atoms with Crippen LogP contribution in [-0.2, 0) is 6.42 Å². The molecule has 21 heavy (non-hydrogen) atoms. The first-order chi connectivity index (χ1) is 10.1. The van der Waals surface area contributed by atoms with Gasteiger partial charge in [0.25, 0.3) is 0 Å². The highest BCUT2D eigenvalue weighted by molar-refractivity contribution is 9.10. The van der Waals surface area contributed by atoms with Gasteiger partial charge in [-0.25, -0.2) is 0 Å². The Morgan fingerprint density at radius 1 is 1.43 bits per heavy atom. The molecule has 7 heteroatoms. The minimum Gasteiger partial charge on any atom is -0.497 e. The highest BCUT2D eigenvalue weighted by Gasteiger charge is 2.16. The molecule has 0 atom stereocenters. The molecule has 0 aliphatic carbocycles. The largest absolute Gasteiger partial charge is 0.497 e. The normalized spacial score (nSPS) is 10.2. The molecule has 0 aliphatic heterocycles. The van der Waals surface area contributed by atoms with Crippen LogP contribution in [0.4, 0.5) is 11.4 Å². The number of nitro groups is 1. The summed E-state index contributed by atoms with van der Waals surface area (Å²) >= 11 is 3.28. The van der Waals surface area contributed by atoms with Crippen LogP contribution in [0.25, 0.3) is 0 Å². The molecule has 1 N–H and O–H groups in total. The number of nitrogens with zero attached hydrogens (tertiary/aromatic N) is 2. The predicted octanol–water partition coefficient (Wildman–Crippen LogP) is 3.42. The topological polar surface area (TPSA) is 77.3 Å². The molecule has 0 spiro atoms. The summed E-state index contributed by atoms with van der Waals surface area (Å²) in [6.45, 7) is 0.566. The van der Waals surface area contributed by atoms with Crippen molar-refractivity contribution in [1.29, 1.82) is 0 Å². The Bertz CT molecular complexity index is 649. The van der Waals surface area contributed by atoms with Crippen LogP contribution < -0.4 is 10.1 Å². The van der Waals surface area contributed by atoms with E-state index in [1.54, 1.807) is 7.11 Å². The van der Waals surface area contributed by atoms with Crippen molar-refractivity contribution >= 4 is 27.3 Å². The summed E-state index contributed by atoms with van der Waals surface area (Å²) in [5, 5.41) is 14.1. The Kier molecular flexibility index (Phi) is 5.10. The van der Waals surface area contributed by atoms with E-state index in [1.165, 1.54) is 12.4 Å². The van der Waals surface area contributed by atoms with Crippen molar-refractivity contribution in [3.8, 4) is 5.75 Å². The lowest BCUT2D eigenvalue weighted by Crippen LogP contribution is -2.08. The Hall–Kier alpha value is -2.15. The molecule has 1 aromatic heterocycles. The second-order valence-electron chi connectivity index (χ2n) is 4.30. The van der Waals surface area contributed by atoms with Crippen molar-refractivity contribution in [3.05, 3.63) is 56.8 Å². The smallest absolute Gasteiger partial charge is 0.311 e. The second kappa shape index (κ2) is 7.03. The molecule has 0 radical (unpaired) electrons. The standard InChI is InChI=1S/C14H14BrN3O3/c1-21-11-4-2-3-10(7-11)5-6-17-14-12(15)8-16-9-13(14)18(19)20/h2-4,7-9H,5-6H2,1H3,(H,16,17). The molecule has 0 saturated heterocycles. The maximum absolute atomic E-state index is 11.0. The summed E-state index contributed by atoms with van der Waals surface area (Å²) in [7, 11) is 1.62. The first-order valence-electron chi connectivity index (χ1n) is 6.26. The number of anilines is 1. The molecule has 0 saturated carbocycles. The molecule has 2 rings (SSSR count). The first kappa shape index (κ1) is 15.2. The van der Waals surface area contributed by atoms with E-state index >= 15 is 0 Å². The van der Waals surface area contributed by atoms with Crippen LogP contribution in [0.5, 0.6) is 5.75 Å². The zero-order valence-corrected chi connectivity index (χ0v) is 13.0. The Labute approximate surface area is 130 Å². The third-order valence-electron chi connectivity index (χ3n) is 2.93. The van der Waals surface area contributed by atoms with E-state index < -0.39 is 4.92 Å². The van der Waals surface area contributed by atoms with Gasteiger partial charge in [0.1, 0.15) is 17.6 Å². The van der Waals surface area contributed by atoms with Crippen LogP contribution in [0, 0.1) is 10.1 Å². The van der Waals surface area contributed by atoms with Crippen LogP contribution in [0.15, 0.2) is 41.1 Å². The number of methoxy groups -OCH3 is 1. The summed E-state index contributed by atoms with van der Waals surface area (Å²) in [5.41, 5.74) is 1.49. The zero-order chi connectivity index (χ0) is 15.2. The number of rotatable bonds is 6. The molecule has 6 nitrogen and oxygen atoms in total. The van der Waals surface area contributed by atoms with Crippen LogP contribution in [0.3, 0.4) is 0 Å².